The summed E-state index contributed by atoms with van der Waals surface area (Å²) < 4.78 is 0. The van der Waals surface area contributed by atoms with E-state index in [0.29, 0.717) is 19.1 Å². The predicted octanol–water partition coefficient (Wildman–Crippen LogP) is 0.214. The van der Waals surface area contributed by atoms with Gasteiger partial charge in [0, 0.05) is 19.1 Å². The van der Waals surface area contributed by atoms with E-state index in [0.717, 1.165) is 0 Å². The van der Waals surface area contributed by atoms with Crippen molar-refractivity contribution in [3.05, 3.63) is 0 Å². The van der Waals surface area contributed by atoms with Gasteiger partial charge >= 0.3 is 0 Å². The van der Waals surface area contributed by atoms with E-state index in [4.69, 9.17) is 5.11 Å². The summed E-state index contributed by atoms with van der Waals surface area (Å²) in [4.78, 5) is 2.17. The number of hydrogen-bond acceptors (Lipinski definition) is 3. The first-order valence-electron chi connectivity index (χ1n) is 4.60. The Morgan fingerprint density at radius 3 is 2.33 bits per heavy atom. The molecule has 0 aromatic heterocycles. The van der Waals surface area contributed by atoms with Crippen LogP contribution in [0.2, 0.25) is 0 Å². The van der Waals surface area contributed by atoms with Crippen molar-refractivity contribution in [3.8, 4) is 0 Å². The van der Waals surface area contributed by atoms with Crippen molar-refractivity contribution in [1.82, 2.24) is 4.90 Å². The van der Waals surface area contributed by atoms with E-state index in [2.05, 4.69) is 4.90 Å². The van der Waals surface area contributed by atoms with Gasteiger partial charge in [0.05, 0.1) is 12.2 Å². The minimum atomic E-state index is -0.641. The summed E-state index contributed by atoms with van der Waals surface area (Å²) in [6.45, 7) is 5.15. The third-order valence-corrected chi connectivity index (χ3v) is 2.04. The molecule has 1 aliphatic carbocycles. The van der Waals surface area contributed by atoms with Gasteiger partial charge in [0.25, 0.3) is 0 Å². The molecule has 1 aliphatic rings. The molecule has 0 radical (unpaired) electrons. The van der Waals surface area contributed by atoms with Crippen molar-refractivity contribution in [2.24, 2.45) is 0 Å². The van der Waals surface area contributed by atoms with Crippen molar-refractivity contribution in [2.75, 3.05) is 19.7 Å². The van der Waals surface area contributed by atoms with Crippen molar-refractivity contribution in [1.29, 1.82) is 0 Å². The van der Waals surface area contributed by atoms with Gasteiger partial charge in [-0.2, -0.15) is 0 Å². The van der Waals surface area contributed by atoms with Crippen LogP contribution in [0.15, 0.2) is 0 Å². The van der Waals surface area contributed by atoms with E-state index < -0.39 is 5.60 Å². The van der Waals surface area contributed by atoms with Gasteiger partial charge in [0.1, 0.15) is 0 Å². The largest absolute Gasteiger partial charge is 0.395 e. The van der Waals surface area contributed by atoms with Crippen LogP contribution in [0, 0.1) is 0 Å². The first kappa shape index (κ1) is 9.96. The topological polar surface area (TPSA) is 43.7 Å². The lowest BCUT2D eigenvalue weighted by atomic mass is 10.1. The molecule has 0 unspecified atom stereocenters. The van der Waals surface area contributed by atoms with Gasteiger partial charge in [-0.15, -0.1) is 0 Å². The molecule has 0 saturated heterocycles. The maximum absolute atomic E-state index is 9.57. The highest BCUT2D eigenvalue weighted by atomic mass is 16.3. The second-order valence-electron chi connectivity index (χ2n) is 4.24. The lowest BCUT2D eigenvalue weighted by Gasteiger charge is -2.28. The molecule has 12 heavy (non-hydrogen) atoms. The minimum Gasteiger partial charge on any atom is -0.395 e. The zero-order valence-corrected chi connectivity index (χ0v) is 7.95. The summed E-state index contributed by atoms with van der Waals surface area (Å²) in [5.74, 6) is 0. The molecular formula is C9H19NO2. The van der Waals surface area contributed by atoms with Crippen LogP contribution in [0.5, 0.6) is 0 Å². The second kappa shape index (κ2) is 3.73. The van der Waals surface area contributed by atoms with E-state index in [1.807, 2.05) is 0 Å². The first-order valence-corrected chi connectivity index (χ1v) is 4.60. The minimum absolute atomic E-state index is 0.187. The Hall–Kier alpha value is -0.120. The van der Waals surface area contributed by atoms with Crippen LogP contribution in [0.3, 0.4) is 0 Å². The zero-order valence-electron chi connectivity index (χ0n) is 7.95. The van der Waals surface area contributed by atoms with Gasteiger partial charge in [-0.05, 0) is 26.7 Å². The Balaban J connectivity index is 2.32. The lowest BCUT2D eigenvalue weighted by Crippen LogP contribution is -2.41. The molecule has 0 aromatic rings. The standard InChI is InChI=1S/C9H19NO2/c1-9(2,12)7-10(5-6-11)8-3-4-8/h8,11-12H,3-7H2,1-2H3. The SMILES string of the molecule is CC(C)(O)CN(CCO)C1CC1. The van der Waals surface area contributed by atoms with Crippen molar-refractivity contribution in [2.45, 2.75) is 38.3 Å². The van der Waals surface area contributed by atoms with Gasteiger partial charge in [0.15, 0.2) is 0 Å². The highest BCUT2D eigenvalue weighted by Gasteiger charge is 2.31. The van der Waals surface area contributed by atoms with E-state index >= 15 is 0 Å². The van der Waals surface area contributed by atoms with Crippen LogP contribution in [0.1, 0.15) is 26.7 Å². The summed E-state index contributed by atoms with van der Waals surface area (Å²) in [6.07, 6.45) is 2.44. The van der Waals surface area contributed by atoms with Gasteiger partial charge in [-0.25, -0.2) is 0 Å². The normalized spacial score (nSPS) is 18.8. The Morgan fingerprint density at radius 1 is 1.42 bits per heavy atom. The Labute approximate surface area is 74.0 Å². The van der Waals surface area contributed by atoms with Crippen LogP contribution in [-0.2, 0) is 0 Å². The zero-order chi connectivity index (χ0) is 9.19. The van der Waals surface area contributed by atoms with Crippen molar-refractivity contribution < 1.29 is 10.2 Å². The highest BCUT2D eigenvalue weighted by Crippen LogP contribution is 2.27. The fraction of sp³-hybridized carbons (Fsp3) is 1.00. The molecule has 1 fully saturated rings. The highest BCUT2D eigenvalue weighted by molar-refractivity contribution is 4.87. The summed E-state index contributed by atoms with van der Waals surface area (Å²) in [5, 5.41) is 18.4. The molecule has 2 N–H and O–H groups in total. The molecule has 1 rings (SSSR count). The Kier molecular flexibility index (Phi) is 3.09. The molecule has 0 bridgehead atoms. The van der Waals surface area contributed by atoms with E-state index in [1.165, 1.54) is 12.8 Å². The molecule has 3 nitrogen and oxygen atoms in total. The van der Waals surface area contributed by atoms with E-state index in [-0.39, 0.29) is 6.61 Å². The van der Waals surface area contributed by atoms with Gasteiger partial charge in [-0.1, -0.05) is 0 Å². The van der Waals surface area contributed by atoms with Crippen LogP contribution in [0.4, 0.5) is 0 Å². The first-order chi connectivity index (χ1) is 5.53. The fourth-order valence-electron chi connectivity index (χ4n) is 1.46. The molecule has 0 aliphatic heterocycles. The van der Waals surface area contributed by atoms with Crippen molar-refractivity contribution in [3.63, 3.8) is 0 Å². The number of rotatable bonds is 5. The molecule has 1 saturated carbocycles. The number of aliphatic hydroxyl groups is 2. The second-order valence-corrected chi connectivity index (χ2v) is 4.24. The van der Waals surface area contributed by atoms with Crippen LogP contribution in [-0.4, -0.2) is 46.5 Å². The predicted molar refractivity (Wildman–Crippen MR) is 48.0 cm³/mol. The summed E-state index contributed by atoms with van der Waals surface area (Å²) >= 11 is 0. The lowest BCUT2D eigenvalue weighted by molar-refractivity contribution is 0.0279. The molecular weight excluding hydrogens is 154 g/mol. The third-order valence-electron chi connectivity index (χ3n) is 2.04. The average molecular weight is 173 g/mol. The monoisotopic (exact) mass is 173 g/mol. The van der Waals surface area contributed by atoms with Crippen LogP contribution in [0.25, 0.3) is 0 Å². The van der Waals surface area contributed by atoms with Gasteiger partial charge < -0.3 is 10.2 Å². The maximum Gasteiger partial charge on any atom is 0.0718 e. The van der Waals surface area contributed by atoms with Gasteiger partial charge in [-0.3, -0.25) is 4.90 Å². The summed E-state index contributed by atoms with van der Waals surface area (Å²) in [6, 6.07) is 0.614. The number of aliphatic hydroxyl groups excluding tert-OH is 1. The Bertz CT molecular complexity index is 138. The third kappa shape index (κ3) is 3.52. The average Bonchev–Trinajstić information content (AvgIpc) is 2.63. The fourth-order valence-corrected chi connectivity index (χ4v) is 1.46. The van der Waals surface area contributed by atoms with E-state index in [9.17, 15) is 5.11 Å². The molecule has 0 amide bonds. The molecule has 0 aromatic carbocycles. The molecule has 0 heterocycles. The molecule has 0 atom stereocenters. The van der Waals surface area contributed by atoms with E-state index in [1.54, 1.807) is 13.8 Å². The van der Waals surface area contributed by atoms with Crippen LogP contribution < -0.4 is 0 Å². The quantitative estimate of drug-likeness (QED) is 0.625. The maximum atomic E-state index is 9.57. The number of nitrogens with zero attached hydrogens (tertiary/aromatic N) is 1. The molecule has 0 spiro atoms. The smallest absolute Gasteiger partial charge is 0.0718 e. The molecule has 3 heteroatoms. The van der Waals surface area contributed by atoms with Gasteiger partial charge in [0.2, 0.25) is 0 Å². The Morgan fingerprint density at radius 2 is 2.00 bits per heavy atom. The summed E-state index contributed by atoms with van der Waals surface area (Å²) in [5.41, 5.74) is -0.641. The summed E-state index contributed by atoms with van der Waals surface area (Å²) in [7, 11) is 0. The van der Waals surface area contributed by atoms with Crippen molar-refractivity contribution >= 4 is 0 Å². The molecule has 72 valence electrons. The number of hydrogen-bond donors (Lipinski definition) is 2. The van der Waals surface area contributed by atoms with Crippen LogP contribution >= 0.6 is 0 Å².